The van der Waals surface area contributed by atoms with Crippen LogP contribution in [0.25, 0.3) is 10.9 Å². The van der Waals surface area contributed by atoms with Crippen LogP contribution in [-0.4, -0.2) is 10.8 Å². The summed E-state index contributed by atoms with van der Waals surface area (Å²) in [4.78, 5) is 15.6. The van der Waals surface area contributed by atoms with Crippen LogP contribution in [0.5, 0.6) is 0 Å². The van der Waals surface area contributed by atoms with Gasteiger partial charge in [0.25, 0.3) is 0 Å². The molecule has 2 aromatic carbocycles. The van der Waals surface area contributed by atoms with E-state index in [2.05, 4.69) is 40.0 Å². The van der Waals surface area contributed by atoms with Gasteiger partial charge in [0.1, 0.15) is 0 Å². The van der Waals surface area contributed by atoms with Crippen LogP contribution in [-0.2, 0) is 0 Å². The molecule has 0 spiro atoms. The fourth-order valence-corrected chi connectivity index (χ4v) is 3.01. The molecule has 1 N–H and O–H groups in total. The van der Waals surface area contributed by atoms with Gasteiger partial charge >= 0.3 is 0 Å². The van der Waals surface area contributed by atoms with Crippen molar-refractivity contribution in [2.24, 2.45) is 0 Å². The Morgan fingerprint density at radius 3 is 2.71 bits per heavy atom. The quantitative estimate of drug-likeness (QED) is 0.641. The molecule has 0 saturated carbocycles. The normalized spacial score (nSPS) is 12.5. The van der Waals surface area contributed by atoms with Crippen molar-refractivity contribution in [2.45, 2.75) is 19.3 Å². The molecular formula is C18H16BrNO. The number of halogens is 1. The lowest BCUT2D eigenvalue weighted by Crippen LogP contribution is -2.04. The molecule has 0 fully saturated rings. The summed E-state index contributed by atoms with van der Waals surface area (Å²) in [5.74, 6) is 0.369. The van der Waals surface area contributed by atoms with Gasteiger partial charge in [0.2, 0.25) is 0 Å². The second-order valence-corrected chi connectivity index (χ2v) is 6.24. The molecule has 0 bridgehead atoms. The number of ketones is 1. The molecule has 21 heavy (non-hydrogen) atoms. The highest BCUT2D eigenvalue weighted by atomic mass is 79.9. The minimum absolute atomic E-state index is 0.181. The second-order valence-electron chi connectivity index (χ2n) is 5.33. The highest BCUT2D eigenvalue weighted by molar-refractivity contribution is 9.10. The lowest BCUT2D eigenvalue weighted by atomic mass is 9.93. The van der Waals surface area contributed by atoms with Crippen molar-refractivity contribution in [3.8, 4) is 0 Å². The van der Waals surface area contributed by atoms with Crippen molar-refractivity contribution >= 4 is 32.6 Å². The smallest absolute Gasteiger partial charge is 0.163 e. The molecule has 1 aromatic heterocycles. The van der Waals surface area contributed by atoms with E-state index in [1.165, 1.54) is 10.9 Å². The number of rotatable bonds is 4. The molecule has 3 aromatic rings. The van der Waals surface area contributed by atoms with Gasteiger partial charge < -0.3 is 4.98 Å². The number of benzene rings is 2. The van der Waals surface area contributed by atoms with Crippen LogP contribution in [0.1, 0.15) is 35.2 Å². The van der Waals surface area contributed by atoms with Gasteiger partial charge in [-0.1, -0.05) is 53.2 Å². The monoisotopic (exact) mass is 341 g/mol. The van der Waals surface area contributed by atoms with E-state index in [1.54, 1.807) is 0 Å². The number of Topliss-reactive ketones (excluding diaryl/α,β-unsaturated/α-hetero) is 1. The maximum atomic E-state index is 12.3. The predicted octanol–water partition coefficient (Wildman–Crippen LogP) is 5.31. The van der Waals surface area contributed by atoms with E-state index in [0.717, 1.165) is 15.6 Å². The topological polar surface area (TPSA) is 32.9 Å². The van der Waals surface area contributed by atoms with Gasteiger partial charge in [0.15, 0.2) is 5.78 Å². The molecule has 1 atom stereocenters. The third-order valence-electron chi connectivity index (χ3n) is 3.79. The molecule has 0 saturated heterocycles. The molecule has 3 rings (SSSR count). The first-order valence-electron chi connectivity index (χ1n) is 7.00. The van der Waals surface area contributed by atoms with E-state index >= 15 is 0 Å². The van der Waals surface area contributed by atoms with Crippen molar-refractivity contribution in [2.75, 3.05) is 0 Å². The van der Waals surface area contributed by atoms with E-state index in [0.29, 0.717) is 6.42 Å². The Balaban J connectivity index is 1.86. The summed E-state index contributed by atoms with van der Waals surface area (Å²) in [6.45, 7) is 2.10. The number of nitrogens with one attached hydrogen (secondary N) is 1. The van der Waals surface area contributed by atoms with E-state index in [-0.39, 0.29) is 11.7 Å². The molecule has 1 heterocycles. The Bertz CT molecular complexity index is 776. The van der Waals surface area contributed by atoms with Gasteiger partial charge in [-0.15, -0.1) is 0 Å². The summed E-state index contributed by atoms with van der Waals surface area (Å²) in [7, 11) is 0. The Hall–Kier alpha value is -1.87. The van der Waals surface area contributed by atoms with Gasteiger partial charge in [0.05, 0.1) is 0 Å². The summed E-state index contributed by atoms with van der Waals surface area (Å²) in [6.07, 6.45) is 2.53. The number of fused-ring (bicyclic) bond motifs is 1. The third kappa shape index (κ3) is 2.93. The maximum Gasteiger partial charge on any atom is 0.163 e. The zero-order valence-corrected chi connectivity index (χ0v) is 13.4. The fraction of sp³-hybridized carbons (Fsp3) is 0.167. The summed E-state index contributed by atoms with van der Waals surface area (Å²) in [6, 6.07) is 15.7. The molecule has 0 radical (unpaired) electrons. The van der Waals surface area contributed by atoms with Gasteiger partial charge in [-0.3, -0.25) is 4.79 Å². The second kappa shape index (κ2) is 5.86. The lowest BCUT2D eigenvalue weighted by Gasteiger charge is -2.10. The minimum atomic E-state index is 0.181. The molecule has 106 valence electrons. The molecule has 3 heteroatoms. The molecular weight excluding hydrogens is 326 g/mol. The first-order chi connectivity index (χ1) is 10.1. The molecule has 0 aliphatic carbocycles. The van der Waals surface area contributed by atoms with Gasteiger partial charge in [-0.05, 0) is 29.7 Å². The average Bonchev–Trinajstić information content (AvgIpc) is 2.91. The Morgan fingerprint density at radius 1 is 1.19 bits per heavy atom. The van der Waals surface area contributed by atoms with E-state index in [4.69, 9.17) is 0 Å². The van der Waals surface area contributed by atoms with Crippen LogP contribution in [0, 0.1) is 0 Å². The van der Waals surface area contributed by atoms with Crippen LogP contribution in [0.15, 0.2) is 59.2 Å². The van der Waals surface area contributed by atoms with E-state index < -0.39 is 0 Å². The first-order valence-corrected chi connectivity index (χ1v) is 7.79. The predicted molar refractivity (Wildman–Crippen MR) is 89.8 cm³/mol. The average molecular weight is 342 g/mol. The number of aromatic nitrogens is 1. The van der Waals surface area contributed by atoms with Crippen molar-refractivity contribution in [1.82, 2.24) is 4.98 Å². The Morgan fingerprint density at radius 2 is 1.95 bits per heavy atom. The fourth-order valence-electron chi connectivity index (χ4n) is 2.65. The number of hydrogen-bond donors (Lipinski definition) is 1. The minimum Gasteiger partial charge on any atom is -0.361 e. The lowest BCUT2D eigenvalue weighted by molar-refractivity contribution is 0.0976. The number of aromatic amines is 1. The Kier molecular flexibility index (Phi) is 3.93. The van der Waals surface area contributed by atoms with Crippen LogP contribution in [0.3, 0.4) is 0 Å². The first kappa shape index (κ1) is 14.1. The summed E-state index contributed by atoms with van der Waals surface area (Å²) < 4.78 is 1.05. The Labute approximate surface area is 132 Å². The van der Waals surface area contributed by atoms with Gasteiger partial charge in [0, 0.05) is 33.6 Å². The van der Waals surface area contributed by atoms with Crippen LogP contribution in [0.4, 0.5) is 0 Å². The SMILES string of the molecule is CC(CC(=O)c1ccccc1)c1c[nH]c2ccc(Br)cc12. The highest BCUT2D eigenvalue weighted by Gasteiger charge is 2.16. The van der Waals surface area contributed by atoms with Crippen molar-refractivity contribution in [3.63, 3.8) is 0 Å². The van der Waals surface area contributed by atoms with Crippen molar-refractivity contribution in [3.05, 3.63) is 70.3 Å². The molecule has 0 aliphatic heterocycles. The van der Waals surface area contributed by atoms with Crippen LogP contribution >= 0.6 is 15.9 Å². The number of H-pyrrole nitrogens is 1. The summed E-state index contributed by atoms with van der Waals surface area (Å²) in [5.41, 5.74) is 3.08. The maximum absolute atomic E-state index is 12.3. The third-order valence-corrected chi connectivity index (χ3v) is 4.29. The highest BCUT2D eigenvalue weighted by Crippen LogP contribution is 2.30. The largest absolute Gasteiger partial charge is 0.361 e. The van der Waals surface area contributed by atoms with Gasteiger partial charge in [-0.2, -0.15) is 0 Å². The summed E-state index contributed by atoms with van der Waals surface area (Å²) in [5, 5.41) is 1.18. The molecule has 0 aliphatic rings. The van der Waals surface area contributed by atoms with Gasteiger partial charge in [-0.25, -0.2) is 0 Å². The molecule has 2 nitrogen and oxygen atoms in total. The zero-order chi connectivity index (χ0) is 14.8. The van der Waals surface area contributed by atoms with Crippen molar-refractivity contribution in [1.29, 1.82) is 0 Å². The number of hydrogen-bond acceptors (Lipinski definition) is 1. The number of carbonyl (C=O) groups excluding carboxylic acids is 1. The summed E-state index contributed by atoms with van der Waals surface area (Å²) >= 11 is 3.51. The van der Waals surface area contributed by atoms with E-state index in [9.17, 15) is 4.79 Å². The van der Waals surface area contributed by atoms with E-state index in [1.807, 2.05) is 42.6 Å². The molecule has 1 unspecified atom stereocenters. The van der Waals surface area contributed by atoms with Crippen molar-refractivity contribution < 1.29 is 4.79 Å². The van der Waals surface area contributed by atoms with Crippen LogP contribution < -0.4 is 0 Å². The standard InChI is InChI=1S/C18H16BrNO/c1-12(9-18(21)13-5-3-2-4-6-13)16-11-20-17-8-7-14(19)10-15(16)17/h2-8,10-12,20H,9H2,1H3. The number of carbonyl (C=O) groups is 1. The zero-order valence-electron chi connectivity index (χ0n) is 11.8. The van der Waals surface area contributed by atoms with Crippen LogP contribution in [0.2, 0.25) is 0 Å². The molecule has 0 amide bonds.